The van der Waals surface area contributed by atoms with E-state index in [1.165, 1.54) is 19.3 Å². The second-order valence-electron chi connectivity index (χ2n) is 3.35. The van der Waals surface area contributed by atoms with Gasteiger partial charge in [-0.25, -0.2) is 0 Å². The molecular formula is C9H16Br4O. The molecular weight excluding hydrogens is 444 g/mol. The highest BCUT2D eigenvalue weighted by atomic mass is 79.9. The SMILES string of the molecule is CCCCCCC(Br)(Br)[C@H](O)C(Br)Br. The predicted octanol–water partition coefficient (Wildman–Crippen LogP) is 4.92. The minimum atomic E-state index is -0.496. The van der Waals surface area contributed by atoms with Crippen LogP contribution >= 0.6 is 63.7 Å². The highest BCUT2D eigenvalue weighted by Crippen LogP contribution is 2.40. The van der Waals surface area contributed by atoms with E-state index in [9.17, 15) is 5.11 Å². The fourth-order valence-corrected chi connectivity index (χ4v) is 4.53. The summed E-state index contributed by atoms with van der Waals surface area (Å²) in [5.74, 6) is 0. The predicted molar refractivity (Wildman–Crippen MR) is 77.0 cm³/mol. The standard InChI is InChI=1S/C9H16Br4O/c1-2-3-4-5-6-9(12,13)7(14)8(10)11/h7-8,14H,2-6H2,1H3/t7-/m1/s1. The molecule has 0 saturated heterocycles. The fraction of sp³-hybridized carbons (Fsp3) is 1.00. The van der Waals surface area contributed by atoms with E-state index in [0.29, 0.717) is 0 Å². The highest BCUT2D eigenvalue weighted by Gasteiger charge is 2.35. The third kappa shape index (κ3) is 6.46. The van der Waals surface area contributed by atoms with Crippen molar-refractivity contribution in [1.29, 1.82) is 0 Å². The molecule has 0 fully saturated rings. The molecule has 0 bridgehead atoms. The molecule has 0 aliphatic carbocycles. The first-order valence-corrected chi connectivity index (χ1v) is 8.17. The molecule has 0 aromatic carbocycles. The van der Waals surface area contributed by atoms with Gasteiger partial charge in [-0.05, 0) is 6.42 Å². The van der Waals surface area contributed by atoms with Gasteiger partial charge in [0.15, 0.2) is 0 Å². The van der Waals surface area contributed by atoms with E-state index in [4.69, 9.17) is 0 Å². The molecule has 1 atom stereocenters. The Hall–Kier alpha value is 1.88. The molecule has 0 amide bonds. The van der Waals surface area contributed by atoms with Crippen LogP contribution in [0.25, 0.3) is 0 Å². The van der Waals surface area contributed by atoms with E-state index in [2.05, 4.69) is 70.6 Å². The van der Waals surface area contributed by atoms with Crippen LogP contribution < -0.4 is 0 Å². The van der Waals surface area contributed by atoms with Crippen LogP contribution in [0, 0.1) is 0 Å². The maximum atomic E-state index is 9.82. The first kappa shape index (κ1) is 15.9. The lowest BCUT2D eigenvalue weighted by Crippen LogP contribution is -2.34. The van der Waals surface area contributed by atoms with Gasteiger partial charge in [0, 0.05) is 0 Å². The van der Waals surface area contributed by atoms with Crippen LogP contribution in [0.5, 0.6) is 0 Å². The van der Waals surface area contributed by atoms with E-state index in [-0.39, 0.29) is 6.97 Å². The Kier molecular flexibility index (Phi) is 9.12. The van der Waals surface area contributed by atoms with Gasteiger partial charge in [0.05, 0.1) is 3.74 Å². The quantitative estimate of drug-likeness (QED) is 0.423. The zero-order valence-corrected chi connectivity index (χ0v) is 14.5. The lowest BCUT2D eigenvalue weighted by molar-refractivity contribution is 0.180. The maximum absolute atomic E-state index is 9.82. The number of unbranched alkanes of at least 4 members (excludes halogenated alkanes) is 3. The summed E-state index contributed by atoms with van der Waals surface area (Å²) in [4.78, 5) is 0. The molecule has 1 nitrogen and oxygen atoms in total. The largest absolute Gasteiger partial charge is 0.389 e. The Morgan fingerprint density at radius 2 is 1.71 bits per heavy atom. The van der Waals surface area contributed by atoms with Crippen LogP contribution in [0.2, 0.25) is 0 Å². The van der Waals surface area contributed by atoms with Gasteiger partial charge in [0.2, 0.25) is 0 Å². The molecule has 0 aliphatic heterocycles. The average Bonchev–Trinajstić information content (AvgIpc) is 2.11. The second-order valence-corrected chi connectivity index (χ2v) is 10.4. The number of hydrogen-bond acceptors (Lipinski definition) is 1. The highest BCUT2D eigenvalue weighted by molar-refractivity contribution is 9.26. The summed E-state index contributed by atoms with van der Waals surface area (Å²) in [5.41, 5.74) is 0. The second kappa shape index (κ2) is 8.04. The van der Waals surface area contributed by atoms with Crippen molar-refractivity contribution in [3.8, 4) is 0 Å². The monoisotopic (exact) mass is 456 g/mol. The van der Waals surface area contributed by atoms with Crippen LogP contribution in [0.1, 0.15) is 39.0 Å². The van der Waals surface area contributed by atoms with Gasteiger partial charge in [-0.1, -0.05) is 96.3 Å². The van der Waals surface area contributed by atoms with Crippen molar-refractivity contribution >= 4 is 63.7 Å². The number of alkyl halides is 4. The molecule has 0 radical (unpaired) electrons. The smallest absolute Gasteiger partial charge is 0.108 e. The lowest BCUT2D eigenvalue weighted by atomic mass is 10.1. The summed E-state index contributed by atoms with van der Waals surface area (Å²) in [6, 6.07) is 0. The van der Waals surface area contributed by atoms with Crippen LogP contribution in [-0.4, -0.2) is 18.2 Å². The first-order chi connectivity index (χ1) is 6.41. The summed E-state index contributed by atoms with van der Waals surface area (Å²) in [6.07, 6.45) is 5.26. The average molecular weight is 460 g/mol. The lowest BCUT2D eigenvalue weighted by Gasteiger charge is -2.27. The van der Waals surface area contributed by atoms with Gasteiger partial charge < -0.3 is 5.11 Å². The number of halogens is 4. The van der Waals surface area contributed by atoms with Gasteiger partial charge >= 0.3 is 0 Å². The number of aliphatic hydroxyl groups excluding tert-OH is 1. The van der Waals surface area contributed by atoms with Gasteiger partial charge in [0.25, 0.3) is 0 Å². The molecule has 0 heterocycles. The Morgan fingerprint density at radius 1 is 1.14 bits per heavy atom. The maximum Gasteiger partial charge on any atom is 0.108 e. The van der Waals surface area contributed by atoms with Crippen molar-refractivity contribution in [3.63, 3.8) is 0 Å². The van der Waals surface area contributed by atoms with E-state index in [1.54, 1.807) is 0 Å². The summed E-state index contributed by atoms with van der Waals surface area (Å²) in [7, 11) is 0. The van der Waals surface area contributed by atoms with Crippen LogP contribution in [0.3, 0.4) is 0 Å². The number of aliphatic hydroxyl groups is 1. The topological polar surface area (TPSA) is 20.2 Å². The van der Waals surface area contributed by atoms with Gasteiger partial charge in [-0.2, -0.15) is 0 Å². The molecule has 0 aromatic rings. The van der Waals surface area contributed by atoms with Crippen molar-refractivity contribution in [3.05, 3.63) is 0 Å². The Bertz CT molecular complexity index is 150. The molecule has 0 saturated carbocycles. The van der Waals surface area contributed by atoms with E-state index in [1.807, 2.05) is 0 Å². The van der Waals surface area contributed by atoms with E-state index in [0.717, 1.165) is 12.8 Å². The van der Waals surface area contributed by atoms with E-state index < -0.39 is 6.10 Å². The minimum absolute atomic E-state index is 0.0973. The zero-order chi connectivity index (χ0) is 11.2. The van der Waals surface area contributed by atoms with Crippen molar-refractivity contribution in [1.82, 2.24) is 0 Å². The normalized spacial score (nSPS) is 14.8. The third-order valence-electron chi connectivity index (χ3n) is 2.04. The zero-order valence-electron chi connectivity index (χ0n) is 8.15. The molecule has 0 rings (SSSR count). The summed E-state index contributed by atoms with van der Waals surface area (Å²) in [6.45, 7) is 2.19. The summed E-state index contributed by atoms with van der Waals surface area (Å²) in [5, 5.41) is 9.82. The van der Waals surface area contributed by atoms with Crippen molar-refractivity contribution < 1.29 is 5.11 Å². The number of rotatable bonds is 7. The summed E-state index contributed by atoms with van der Waals surface area (Å²) >= 11 is 13.6. The van der Waals surface area contributed by atoms with Crippen molar-refractivity contribution in [2.24, 2.45) is 0 Å². The Morgan fingerprint density at radius 3 is 2.14 bits per heavy atom. The van der Waals surface area contributed by atoms with Crippen LogP contribution in [0.4, 0.5) is 0 Å². The van der Waals surface area contributed by atoms with E-state index >= 15 is 0 Å². The summed E-state index contributed by atoms with van der Waals surface area (Å²) < 4.78 is -0.481. The van der Waals surface area contributed by atoms with Crippen molar-refractivity contribution in [2.45, 2.75) is 52.1 Å². The Labute approximate surface area is 120 Å². The van der Waals surface area contributed by atoms with Gasteiger partial charge in [0.1, 0.15) is 9.34 Å². The Balaban J connectivity index is 3.82. The third-order valence-corrected chi connectivity index (χ3v) is 4.77. The molecule has 14 heavy (non-hydrogen) atoms. The molecule has 1 N–H and O–H groups in total. The minimum Gasteiger partial charge on any atom is -0.389 e. The van der Waals surface area contributed by atoms with Gasteiger partial charge in [-0.15, -0.1) is 0 Å². The van der Waals surface area contributed by atoms with Gasteiger partial charge in [-0.3, -0.25) is 0 Å². The number of hydrogen-bond donors (Lipinski definition) is 1. The van der Waals surface area contributed by atoms with Crippen LogP contribution in [0.15, 0.2) is 0 Å². The molecule has 0 spiro atoms. The first-order valence-electron chi connectivity index (χ1n) is 4.76. The van der Waals surface area contributed by atoms with Crippen LogP contribution in [-0.2, 0) is 0 Å². The molecule has 86 valence electrons. The molecule has 5 heteroatoms. The fourth-order valence-electron chi connectivity index (χ4n) is 1.12. The molecule has 0 aromatic heterocycles. The molecule has 0 aliphatic rings. The molecule has 0 unspecified atom stereocenters. The van der Waals surface area contributed by atoms with Crippen molar-refractivity contribution in [2.75, 3.05) is 0 Å².